The normalized spacial score (nSPS) is 14.7. The Morgan fingerprint density at radius 1 is 1.15 bits per heavy atom. The monoisotopic (exact) mass is 545 g/mol. The Bertz CT molecular complexity index is 1450. The molecule has 2 N–H and O–H groups in total. The Balaban J connectivity index is 1.25. The summed E-state index contributed by atoms with van der Waals surface area (Å²) in [7, 11) is 0. The highest BCUT2D eigenvalue weighted by molar-refractivity contribution is 6.33. The number of pyridine rings is 1. The minimum absolute atomic E-state index is 0.0786. The lowest BCUT2D eigenvalue weighted by molar-refractivity contribution is 0.0670. The number of nitrogens with zero attached hydrogens (tertiary/aromatic N) is 4. The maximum Gasteiger partial charge on any atom is 0.296 e. The molecule has 8 nitrogen and oxygen atoms in total. The van der Waals surface area contributed by atoms with E-state index in [1.54, 1.807) is 18.3 Å². The van der Waals surface area contributed by atoms with Crippen molar-refractivity contribution in [2.45, 2.75) is 57.6 Å². The van der Waals surface area contributed by atoms with Gasteiger partial charge in [-0.2, -0.15) is 0 Å². The number of aryl methyl sites for hydroxylation is 1. The van der Waals surface area contributed by atoms with Gasteiger partial charge in [0, 0.05) is 23.2 Å². The van der Waals surface area contributed by atoms with Gasteiger partial charge in [-0.25, -0.2) is 14.6 Å². The highest BCUT2D eigenvalue weighted by atomic mass is 35.5. The zero-order valence-electron chi connectivity index (χ0n) is 22.1. The molecule has 0 aliphatic carbocycles. The molecule has 1 atom stereocenters. The molecule has 3 heterocycles. The van der Waals surface area contributed by atoms with Crippen molar-refractivity contribution >= 4 is 23.3 Å². The first-order chi connectivity index (χ1) is 18.8. The van der Waals surface area contributed by atoms with Crippen LogP contribution in [0.4, 0.5) is 5.82 Å². The molecule has 4 aromatic rings. The van der Waals surface area contributed by atoms with Crippen molar-refractivity contribution in [2.75, 3.05) is 11.9 Å². The summed E-state index contributed by atoms with van der Waals surface area (Å²) in [5.41, 5.74) is 2.05. The number of benzene rings is 2. The van der Waals surface area contributed by atoms with Gasteiger partial charge in [0.1, 0.15) is 17.4 Å². The minimum Gasteiger partial charge on any atom is -0.494 e. The number of nitrogens with one attached hydrogen (secondary N) is 1. The van der Waals surface area contributed by atoms with Crippen molar-refractivity contribution < 1.29 is 14.6 Å². The number of rotatable bonds is 10. The molecule has 1 aliphatic heterocycles. The second kappa shape index (κ2) is 11.6. The van der Waals surface area contributed by atoms with Crippen LogP contribution in [0.3, 0.4) is 0 Å². The van der Waals surface area contributed by atoms with Gasteiger partial charge in [-0.1, -0.05) is 41.9 Å². The first kappa shape index (κ1) is 26.8. The number of hydrogen-bond acceptors (Lipinski definition) is 6. The second-order valence-electron chi connectivity index (χ2n) is 10.4. The van der Waals surface area contributed by atoms with Gasteiger partial charge in [0.2, 0.25) is 5.82 Å². The van der Waals surface area contributed by atoms with E-state index in [1.165, 1.54) is 0 Å². The largest absolute Gasteiger partial charge is 0.494 e. The van der Waals surface area contributed by atoms with E-state index in [0.29, 0.717) is 23.2 Å². The van der Waals surface area contributed by atoms with Crippen LogP contribution in [0.15, 0.2) is 66.9 Å². The van der Waals surface area contributed by atoms with Crippen LogP contribution < -0.4 is 10.1 Å². The topological polar surface area (TPSA) is 102 Å². The number of halogens is 1. The van der Waals surface area contributed by atoms with E-state index in [1.807, 2.05) is 54.9 Å². The van der Waals surface area contributed by atoms with Crippen molar-refractivity contribution in [1.29, 1.82) is 0 Å². The van der Waals surface area contributed by atoms with E-state index >= 15 is 0 Å². The number of hydrogen-bond donors (Lipinski definition) is 2. The molecule has 0 saturated carbocycles. The molecule has 0 saturated heterocycles. The van der Waals surface area contributed by atoms with Crippen LogP contribution in [0.5, 0.6) is 5.75 Å². The molecule has 2 aromatic heterocycles. The fourth-order valence-corrected chi connectivity index (χ4v) is 4.97. The fourth-order valence-electron chi connectivity index (χ4n) is 4.75. The molecule has 0 radical (unpaired) electrons. The molecule has 1 amide bonds. The van der Waals surface area contributed by atoms with E-state index in [9.17, 15) is 9.90 Å². The summed E-state index contributed by atoms with van der Waals surface area (Å²) in [5, 5.41) is 17.8. The molecule has 1 unspecified atom stereocenters. The van der Waals surface area contributed by atoms with E-state index in [4.69, 9.17) is 16.3 Å². The third-order valence-corrected chi connectivity index (χ3v) is 7.06. The number of aliphatic hydroxyl groups is 1. The molecule has 1 aliphatic rings. The zero-order valence-corrected chi connectivity index (χ0v) is 22.9. The van der Waals surface area contributed by atoms with E-state index in [2.05, 4.69) is 32.5 Å². The molecule has 5 rings (SSSR count). The molecule has 0 spiro atoms. The van der Waals surface area contributed by atoms with Gasteiger partial charge in [-0.3, -0.25) is 4.79 Å². The molecular weight excluding hydrogens is 514 g/mol. The van der Waals surface area contributed by atoms with Gasteiger partial charge in [0.25, 0.3) is 5.91 Å². The van der Waals surface area contributed by atoms with Crippen molar-refractivity contribution in [3.05, 3.63) is 89.1 Å². The maximum atomic E-state index is 13.0. The molecular formula is C30H32ClN5O3. The molecule has 202 valence electrons. The first-order valence-electron chi connectivity index (χ1n) is 13.2. The Morgan fingerprint density at radius 3 is 2.77 bits per heavy atom. The summed E-state index contributed by atoms with van der Waals surface area (Å²) in [6, 6.07) is 19.3. The van der Waals surface area contributed by atoms with Crippen molar-refractivity contribution in [3.8, 4) is 16.9 Å². The number of fused-ring (bicyclic) bond motifs is 1. The van der Waals surface area contributed by atoms with E-state index in [-0.39, 0.29) is 11.9 Å². The van der Waals surface area contributed by atoms with Gasteiger partial charge in [-0.15, -0.1) is 5.10 Å². The summed E-state index contributed by atoms with van der Waals surface area (Å²) in [6.07, 6.45) is 5.73. The van der Waals surface area contributed by atoms with Crippen molar-refractivity contribution in [3.63, 3.8) is 0 Å². The van der Waals surface area contributed by atoms with Gasteiger partial charge in [-0.05, 0) is 81.0 Å². The van der Waals surface area contributed by atoms with Gasteiger partial charge >= 0.3 is 0 Å². The maximum absolute atomic E-state index is 13.0. The minimum atomic E-state index is -0.666. The summed E-state index contributed by atoms with van der Waals surface area (Å²) in [6.45, 7) is 4.16. The van der Waals surface area contributed by atoms with Crippen molar-refractivity contribution in [2.24, 2.45) is 0 Å². The number of aromatic nitrogens is 4. The van der Waals surface area contributed by atoms with Crippen LogP contribution in [0, 0.1) is 0 Å². The highest BCUT2D eigenvalue weighted by Gasteiger charge is 2.28. The third kappa shape index (κ3) is 6.64. The van der Waals surface area contributed by atoms with Crippen molar-refractivity contribution in [1.82, 2.24) is 19.7 Å². The predicted molar refractivity (Wildman–Crippen MR) is 151 cm³/mol. The van der Waals surface area contributed by atoms with Crippen LogP contribution in [-0.2, 0) is 6.42 Å². The smallest absolute Gasteiger partial charge is 0.296 e. The van der Waals surface area contributed by atoms with Crippen LogP contribution in [0.2, 0.25) is 5.02 Å². The average Bonchev–Trinajstić information content (AvgIpc) is 3.51. The number of anilines is 1. The summed E-state index contributed by atoms with van der Waals surface area (Å²) in [5.74, 6) is 1.59. The lowest BCUT2D eigenvalue weighted by Gasteiger charge is -2.16. The number of ether oxygens (including phenoxy) is 1. The van der Waals surface area contributed by atoms with Gasteiger partial charge < -0.3 is 15.2 Å². The lowest BCUT2D eigenvalue weighted by Crippen LogP contribution is -2.18. The van der Waals surface area contributed by atoms with E-state index in [0.717, 1.165) is 54.6 Å². The Hall–Kier alpha value is -3.75. The third-order valence-electron chi connectivity index (χ3n) is 6.73. The standard InChI is InChI=1S/C30H32ClN5O3/c1-30(2,38)15-6-7-17-39-22-10-11-24(31)23(19-22)21-14-16-32-26(18-21)33-29(37)28-34-27-13-12-25(36(27)35-28)20-8-4-3-5-9-20/h3-5,8-11,14,16,18-19,25,38H,6-7,12-13,15,17H2,1-2H3,(H,32,33,37). The zero-order chi connectivity index (χ0) is 27.4. The number of unbranched alkanes of at least 4 members (excludes halogenated alkanes) is 1. The van der Waals surface area contributed by atoms with Gasteiger partial charge in [0.15, 0.2) is 0 Å². The predicted octanol–water partition coefficient (Wildman–Crippen LogP) is 6.10. The van der Waals surface area contributed by atoms with Gasteiger partial charge in [0.05, 0.1) is 18.2 Å². The fraction of sp³-hybridized carbons (Fsp3) is 0.333. The van der Waals surface area contributed by atoms with Crippen LogP contribution in [0.25, 0.3) is 11.1 Å². The average molecular weight is 546 g/mol. The number of amides is 1. The molecule has 39 heavy (non-hydrogen) atoms. The number of carbonyl (C=O) groups excluding carboxylic acids is 1. The summed E-state index contributed by atoms with van der Waals surface area (Å²) >= 11 is 6.51. The Labute approximate surface area is 233 Å². The highest BCUT2D eigenvalue weighted by Crippen LogP contribution is 2.33. The number of carbonyl (C=O) groups is 1. The van der Waals surface area contributed by atoms with Crippen LogP contribution in [0.1, 0.15) is 67.6 Å². The second-order valence-corrected chi connectivity index (χ2v) is 10.8. The summed E-state index contributed by atoms with van der Waals surface area (Å²) < 4.78 is 7.77. The van der Waals surface area contributed by atoms with E-state index < -0.39 is 11.5 Å². The Morgan fingerprint density at radius 2 is 1.97 bits per heavy atom. The molecule has 9 heteroatoms. The summed E-state index contributed by atoms with van der Waals surface area (Å²) in [4.78, 5) is 21.8. The molecule has 2 aromatic carbocycles. The van der Waals surface area contributed by atoms with Crippen LogP contribution in [-0.4, -0.2) is 43.0 Å². The first-order valence-corrected chi connectivity index (χ1v) is 13.6. The Kier molecular flexibility index (Phi) is 7.95. The lowest BCUT2D eigenvalue weighted by atomic mass is 10.0. The SMILES string of the molecule is CC(C)(O)CCCCOc1ccc(Cl)c(-c2ccnc(NC(=O)c3nc4n(n3)C(c3ccccc3)CC4)c2)c1. The molecule has 0 fully saturated rings. The quantitative estimate of drug-likeness (QED) is 0.233. The molecule has 0 bridgehead atoms. The van der Waals surface area contributed by atoms with Crippen LogP contribution >= 0.6 is 11.6 Å².